The second-order valence-electron chi connectivity index (χ2n) is 6.22. The summed E-state index contributed by atoms with van der Waals surface area (Å²) in [6.45, 7) is 3.18. The maximum absolute atomic E-state index is 10.9. The largest absolute Gasteiger partial charge is 0.457 e. The number of ether oxygens (including phenoxy) is 2. The minimum Gasteiger partial charge on any atom is -0.457 e. The fourth-order valence-corrected chi connectivity index (χ4v) is 2.66. The van der Waals surface area contributed by atoms with Crippen LogP contribution < -0.4 is 14.8 Å². The minimum absolute atomic E-state index is 0.336. The molecule has 3 aromatic rings. The lowest BCUT2D eigenvalue weighted by atomic mass is 10.1. The molecule has 0 aromatic heterocycles. The van der Waals surface area contributed by atoms with Crippen LogP contribution in [0.2, 0.25) is 0 Å². The molecule has 0 unspecified atom stereocenters. The molecule has 4 heteroatoms. The molecule has 0 aliphatic rings. The summed E-state index contributed by atoms with van der Waals surface area (Å²) in [6, 6.07) is 25.4. The van der Waals surface area contributed by atoms with Crippen LogP contribution in [0, 0.1) is 0 Å². The van der Waals surface area contributed by atoms with Gasteiger partial charge in [0.05, 0.1) is 0 Å². The highest BCUT2D eigenvalue weighted by molar-refractivity contribution is 5.69. The first-order chi connectivity index (χ1) is 13.2. The highest BCUT2D eigenvalue weighted by Crippen LogP contribution is 2.24. The quantitative estimate of drug-likeness (QED) is 0.358. The molecule has 0 aliphatic heterocycles. The zero-order chi connectivity index (χ0) is 18.9. The van der Waals surface area contributed by atoms with Crippen LogP contribution in [-0.2, 0) is 17.8 Å². The Morgan fingerprint density at radius 2 is 1.37 bits per heavy atom. The Labute approximate surface area is 159 Å². The van der Waals surface area contributed by atoms with Crippen molar-refractivity contribution in [2.45, 2.75) is 19.9 Å². The third-order valence-electron chi connectivity index (χ3n) is 4.01. The Morgan fingerprint density at radius 1 is 0.778 bits per heavy atom. The average Bonchev–Trinajstić information content (AvgIpc) is 2.68. The van der Waals surface area contributed by atoms with E-state index in [9.17, 15) is 4.79 Å². The van der Waals surface area contributed by atoms with E-state index in [2.05, 4.69) is 41.7 Å². The van der Waals surface area contributed by atoms with Crippen molar-refractivity contribution in [1.29, 1.82) is 0 Å². The van der Waals surface area contributed by atoms with Crippen molar-refractivity contribution >= 4 is 5.97 Å². The Hall–Kier alpha value is -3.11. The summed E-state index contributed by atoms with van der Waals surface area (Å²) in [7, 11) is 0. The Morgan fingerprint density at radius 3 is 2.00 bits per heavy atom. The minimum atomic E-state index is -0.336. The molecular weight excluding hydrogens is 338 g/mol. The lowest BCUT2D eigenvalue weighted by Crippen LogP contribution is -2.16. The van der Waals surface area contributed by atoms with E-state index in [-0.39, 0.29) is 5.97 Å². The Balaban J connectivity index is 1.45. The maximum Gasteiger partial charge on any atom is 0.308 e. The molecule has 3 aromatic carbocycles. The second-order valence-corrected chi connectivity index (χ2v) is 6.22. The van der Waals surface area contributed by atoms with Gasteiger partial charge in [0.1, 0.15) is 17.2 Å². The lowest BCUT2D eigenvalue weighted by molar-refractivity contribution is -0.131. The molecule has 0 radical (unpaired) electrons. The van der Waals surface area contributed by atoms with E-state index in [1.165, 1.54) is 18.1 Å². The van der Waals surface area contributed by atoms with Crippen molar-refractivity contribution in [1.82, 2.24) is 5.32 Å². The van der Waals surface area contributed by atoms with E-state index >= 15 is 0 Å². The van der Waals surface area contributed by atoms with E-state index < -0.39 is 0 Å². The zero-order valence-electron chi connectivity index (χ0n) is 15.4. The normalized spacial score (nSPS) is 10.4. The first-order valence-corrected chi connectivity index (χ1v) is 8.99. The standard InChI is InChI=1S/C23H23NO3/c1-18(25)26-21-11-13-23(14-12-21)27-22-9-7-19(8-10-22)15-16-24-17-20-5-3-2-4-6-20/h2-14,24H,15-17H2,1H3. The molecule has 27 heavy (non-hydrogen) atoms. The first-order valence-electron chi connectivity index (χ1n) is 8.99. The maximum atomic E-state index is 10.9. The van der Waals surface area contributed by atoms with E-state index in [0.717, 1.165) is 25.3 Å². The smallest absolute Gasteiger partial charge is 0.308 e. The molecule has 1 N–H and O–H groups in total. The first kappa shape index (κ1) is 18.7. The molecular formula is C23H23NO3. The Bertz CT molecular complexity index is 843. The van der Waals surface area contributed by atoms with Crippen molar-refractivity contribution in [3.63, 3.8) is 0 Å². The van der Waals surface area contributed by atoms with Gasteiger partial charge >= 0.3 is 5.97 Å². The van der Waals surface area contributed by atoms with Crippen molar-refractivity contribution in [2.24, 2.45) is 0 Å². The molecule has 0 spiro atoms. The highest BCUT2D eigenvalue weighted by Gasteiger charge is 2.01. The molecule has 4 nitrogen and oxygen atoms in total. The summed E-state index contributed by atoms with van der Waals surface area (Å²) in [5, 5.41) is 3.46. The molecule has 0 atom stereocenters. The van der Waals surface area contributed by atoms with Crippen molar-refractivity contribution in [2.75, 3.05) is 6.54 Å². The number of hydrogen-bond donors (Lipinski definition) is 1. The highest BCUT2D eigenvalue weighted by atomic mass is 16.5. The van der Waals surface area contributed by atoms with Gasteiger partial charge in [-0.25, -0.2) is 0 Å². The van der Waals surface area contributed by atoms with Gasteiger partial charge in [-0.1, -0.05) is 42.5 Å². The number of hydrogen-bond acceptors (Lipinski definition) is 4. The summed E-state index contributed by atoms with van der Waals surface area (Å²) < 4.78 is 10.8. The van der Waals surface area contributed by atoms with Crippen LogP contribution in [0.15, 0.2) is 78.9 Å². The molecule has 0 aliphatic carbocycles. The lowest BCUT2D eigenvalue weighted by Gasteiger charge is -2.08. The van der Waals surface area contributed by atoms with Gasteiger partial charge in [0.25, 0.3) is 0 Å². The predicted molar refractivity (Wildman–Crippen MR) is 106 cm³/mol. The average molecular weight is 361 g/mol. The number of rotatable bonds is 8. The molecule has 0 fully saturated rings. The van der Waals surface area contributed by atoms with Crippen molar-refractivity contribution in [3.05, 3.63) is 90.0 Å². The topological polar surface area (TPSA) is 47.6 Å². The van der Waals surface area contributed by atoms with Gasteiger partial charge in [-0.05, 0) is 60.5 Å². The SMILES string of the molecule is CC(=O)Oc1ccc(Oc2ccc(CCNCc3ccccc3)cc2)cc1. The fourth-order valence-electron chi connectivity index (χ4n) is 2.66. The monoisotopic (exact) mass is 361 g/mol. The van der Waals surface area contributed by atoms with Gasteiger partial charge in [-0.15, -0.1) is 0 Å². The summed E-state index contributed by atoms with van der Waals surface area (Å²) >= 11 is 0. The summed E-state index contributed by atoms with van der Waals surface area (Å²) in [4.78, 5) is 10.9. The van der Waals surface area contributed by atoms with Gasteiger partial charge in [0.2, 0.25) is 0 Å². The molecule has 0 saturated carbocycles. The van der Waals surface area contributed by atoms with E-state index in [4.69, 9.17) is 9.47 Å². The molecule has 138 valence electrons. The molecule has 0 saturated heterocycles. The van der Waals surface area contributed by atoms with Crippen LogP contribution in [0.4, 0.5) is 0 Å². The molecule has 3 rings (SSSR count). The van der Waals surface area contributed by atoms with E-state index in [0.29, 0.717) is 11.5 Å². The molecule has 0 bridgehead atoms. The van der Waals surface area contributed by atoms with Crippen LogP contribution in [0.3, 0.4) is 0 Å². The molecule has 0 heterocycles. The van der Waals surface area contributed by atoms with Crippen molar-refractivity contribution in [3.8, 4) is 17.2 Å². The van der Waals surface area contributed by atoms with Crippen LogP contribution in [-0.4, -0.2) is 12.5 Å². The summed E-state index contributed by atoms with van der Waals surface area (Å²) in [6.07, 6.45) is 0.962. The molecule has 0 amide bonds. The number of carbonyl (C=O) groups is 1. The number of carbonyl (C=O) groups excluding carboxylic acids is 1. The Kier molecular flexibility index (Phi) is 6.61. The third-order valence-corrected chi connectivity index (χ3v) is 4.01. The van der Waals surface area contributed by atoms with Crippen LogP contribution >= 0.6 is 0 Å². The number of benzene rings is 3. The van der Waals surface area contributed by atoms with E-state index in [1.807, 2.05) is 18.2 Å². The third kappa shape index (κ3) is 6.28. The van der Waals surface area contributed by atoms with Crippen LogP contribution in [0.1, 0.15) is 18.1 Å². The van der Waals surface area contributed by atoms with Gasteiger partial charge < -0.3 is 14.8 Å². The summed E-state index contributed by atoms with van der Waals surface area (Å²) in [5.41, 5.74) is 2.55. The second kappa shape index (κ2) is 9.55. The van der Waals surface area contributed by atoms with Gasteiger partial charge in [0.15, 0.2) is 0 Å². The van der Waals surface area contributed by atoms with Gasteiger partial charge in [-0.3, -0.25) is 4.79 Å². The number of esters is 1. The van der Waals surface area contributed by atoms with Crippen LogP contribution in [0.5, 0.6) is 17.2 Å². The number of nitrogens with one attached hydrogen (secondary N) is 1. The fraction of sp³-hybridized carbons (Fsp3) is 0.174. The van der Waals surface area contributed by atoms with E-state index in [1.54, 1.807) is 24.3 Å². The van der Waals surface area contributed by atoms with Gasteiger partial charge in [0, 0.05) is 13.5 Å². The predicted octanol–water partition coefficient (Wildman–Crippen LogP) is 4.74. The van der Waals surface area contributed by atoms with Gasteiger partial charge in [-0.2, -0.15) is 0 Å². The zero-order valence-corrected chi connectivity index (χ0v) is 15.4. The van der Waals surface area contributed by atoms with Crippen molar-refractivity contribution < 1.29 is 14.3 Å². The summed E-state index contributed by atoms with van der Waals surface area (Å²) in [5.74, 6) is 1.64. The van der Waals surface area contributed by atoms with Crippen LogP contribution in [0.25, 0.3) is 0 Å².